The predicted octanol–water partition coefficient (Wildman–Crippen LogP) is 3.40. The molecule has 0 atom stereocenters. The quantitative estimate of drug-likeness (QED) is 0.844. The molecule has 0 aliphatic rings. The van der Waals surface area contributed by atoms with Crippen molar-refractivity contribution in [1.29, 1.82) is 0 Å². The summed E-state index contributed by atoms with van der Waals surface area (Å²) >= 11 is 5.18. The van der Waals surface area contributed by atoms with Crippen LogP contribution in [0.2, 0.25) is 0 Å². The molecule has 0 bridgehead atoms. The highest BCUT2D eigenvalue weighted by atomic mass is 79.9. The van der Waals surface area contributed by atoms with Crippen LogP contribution < -0.4 is 5.73 Å². The average Bonchev–Trinajstić information content (AvgIpc) is 2.73. The molecule has 6 heteroatoms. The van der Waals surface area contributed by atoms with E-state index in [2.05, 4.69) is 32.1 Å². The highest BCUT2D eigenvalue weighted by Gasteiger charge is 2.17. The Kier molecular flexibility index (Phi) is 4.65. The van der Waals surface area contributed by atoms with E-state index in [0.29, 0.717) is 23.9 Å². The molecule has 0 saturated heterocycles. The smallest absolute Gasteiger partial charge is 0.228 e. The van der Waals surface area contributed by atoms with Crippen molar-refractivity contribution in [1.82, 2.24) is 10.1 Å². The zero-order valence-electron chi connectivity index (χ0n) is 10.9. The van der Waals surface area contributed by atoms with Gasteiger partial charge in [-0.2, -0.15) is 4.98 Å². The third-order valence-corrected chi connectivity index (χ3v) is 4.33. The molecule has 0 radical (unpaired) electrons. The second kappa shape index (κ2) is 6.07. The van der Waals surface area contributed by atoms with Crippen LogP contribution in [-0.2, 0) is 12.2 Å². The minimum Gasteiger partial charge on any atom is -0.339 e. The number of benzene rings is 1. The van der Waals surface area contributed by atoms with Crippen LogP contribution >= 0.6 is 27.7 Å². The lowest BCUT2D eigenvalue weighted by atomic mass is 10.0. The third kappa shape index (κ3) is 4.63. The van der Waals surface area contributed by atoms with Gasteiger partial charge in [0.05, 0.1) is 5.75 Å². The van der Waals surface area contributed by atoms with Gasteiger partial charge in [0, 0.05) is 21.3 Å². The van der Waals surface area contributed by atoms with Gasteiger partial charge in [0.25, 0.3) is 0 Å². The van der Waals surface area contributed by atoms with Crippen molar-refractivity contribution in [3.05, 3.63) is 40.5 Å². The van der Waals surface area contributed by atoms with E-state index in [1.54, 1.807) is 11.8 Å². The fourth-order valence-corrected chi connectivity index (χ4v) is 2.93. The van der Waals surface area contributed by atoms with Crippen LogP contribution in [0.25, 0.3) is 0 Å². The SMILES string of the molecule is CC(C)(N)Cc1nc(CSc2ccccc2Br)no1. The first kappa shape index (κ1) is 14.6. The number of rotatable bonds is 5. The molecule has 1 aromatic heterocycles. The van der Waals surface area contributed by atoms with E-state index >= 15 is 0 Å². The first-order valence-corrected chi connectivity index (χ1v) is 7.69. The lowest BCUT2D eigenvalue weighted by Gasteiger charge is -2.14. The Balaban J connectivity index is 1.96. The molecule has 1 heterocycles. The van der Waals surface area contributed by atoms with Gasteiger partial charge in [0.1, 0.15) is 0 Å². The van der Waals surface area contributed by atoms with Crippen LogP contribution in [0.1, 0.15) is 25.6 Å². The lowest BCUT2D eigenvalue weighted by Crippen LogP contribution is -2.34. The van der Waals surface area contributed by atoms with E-state index in [1.165, 1.54) is 0 Å². The van der Waals surface area contributed by atoms with Crippen LogP contribution in [-0.4, -0.2) is 15.7 Å². The Labute approximate surface area is 125 Å². The molecule has 0 spiro atoms. The predicted molar refractivity (Wildman–Crippen MR) is 80.0 cm³/mol. The Hall–Kier alpha value is -0.850. The number of aromatic nitrogens is 2. The topological polar surface area (TPSA) is 64.9 Å². The first-order chi connectivity index (χ1) is 8.94. The normalized spacial score (nSPS) is 11.8. The molecule has 0 aliphatic carbocycles. The zero-order chi connectivity index (χ0) is 13.9. The Bertz CT molecular complexity index is 551. The molecule has 0 fully saturated rings. The highest BCUT2D eigenvalue weighted by Crippen LogP contribution is 2.29. The maximum atomic E-state index is 5.92. The minimum atomic E-state index is -0.334. The van der Waals surface area contributed by atoms with Gasteiger partial charge in [-0.3, -0.25) is 0 Å². The summed E-state index contributed by atoms with van der Waals surface area (Å²) in [6.45, 7) is 3.87. The monoisotopic (exact) mass is 341 g/mol. The van der Waals surface area contributed by atoms with Gasteiger partial charge < -0.3 is 10.3 Å². The van der Waals surface area contributed by atoms with Crippen LogP contribution in [0.4, 0.5) is 0 Å². The lowest BCUT2D eigenvalue weighted by molar-refractivity contribution is 0.345. The van der Waals surface area contributed by atoms with Crippen molar-refractivity contribution in [2.45, 2.75) is 36.5 Å². The molecule has 0 unspecified atom stereocenters. The van der Waals surface area contributed by atoms with Gasteiger partial charge >= 0.3 is 0 Å². The first-order valence-electron chi connectivity index (χ1n) is 5.92. The van der Waals surface area contributed by atoms with E-state index in [1.807, 2.05) is 32.0 Å². The summed E-state index contributed by atoms with van der Waals surface area (Å²) in [5.74, 6) is 1.96. The molecular weight excluding hydrogens is 326 g/mol. The molecule has 2 N–H and O–H groups in total. The summed E-state index contributed by atoms with van der Waals surface area (Å²) in [6, 6.07) is 8.06. The molecular formula is C13H16BrN3OS. The van der Waals surface area contributed by atoms with Gasteiger partial charge in [-0.25, -0.2) is 0 Å². The largest absolute Gasteiger partial charge is 0.339 e. The standard InChI is InChI=1S/C13H16BrN3OS/c1-13(2,15)7-12-16-11(17-18-12)8-19-10-6-4-3-5-9(10)14/h3-6H,7-8,15H2,1-2H3. The maximum absolute atomic E-state index is 5.92. The van der Waals surface area contributed by atoms with Gasteiger partial charge in [0.2, 0.25) is 5.89 Å². The van der Waals surface area contributed by atoms with Crippen LogP contribution in [0.3, 0.4) is 0 Å². The van der Waals surface area contributed by atoms with Crippen molar-refractivity contribution in [2.75, 3.05) is 0 Å². The molecule has 4 nitrogen and oxygen atoms in total. The highest BCUT2D eigenvalue weighted by molar-refractivity contribution is 9.10. The van der Waals surface area contributed by atoms with E-state index in [9.17, 15) is 0 Å². The number of halogens is 1. The van der Waals surface area contributed by atoms with Crippen molar-refractivity contribution in [3.8, 4) is 0 Å². The number of hydrogen-bond donors (Lipinski definition) is 1. The second-order valence-electron chi connectivity index (χ2n) is 4.99. The van der Waals surface area contributed by atoms with Crippen molar-refractivity contribution in [3.63, 3.8) is 0 Å². The molecule has 0 saturated carbocycles. The second-order valence-corrected chi connectivity index (χ2v) is 6.86. The fraction of sp³-hybridized carbons (Fsp3) is 0.385. The molecule has 2 rings (SSSR count). The molecule has 1 aromatic carbocycles. The summed E-state index contributed by atoms with van der Waals surface area (Å²) in [6.07, 6.45) is 0.583. The summed E-state index contributed by atoms with van der Waals surface area (Å²) < 4.78 is 6.27. The molecule has 102 valence electrons. The Morgan fingerprint density at radius 3 is 2.79 bits per heavy atom. The number of nitrogens with two attached hydrogens (primary N) is 1. The Morgan fingerprint density at radius 2 is 2.11 bits per heavy atom. The summed E-state index contributed by atoms with van der Waals surface area (Å²) in [7, 11) is 0. The van der Waals surface area contributed by atoms with Gasteiger partial charge in [0.15, 0.2) is 5.82 Å². The van der Waals surface area contributed by atoms with E-state index in [-0.39, 0.29) is 5.54 Å². The summed E-state index contributed by atoms with van der Waals surface area (Å²) in [5, 5.41) is 3.97. The number of thioether (sulfide) groups is 1. The molecule has 19 heavy (non-hydrogen) atoms. The maximum Gasteiger partial charge on any atom is 0.228 e. The zero-order valence-corrected chi connectivity index (χ0v) is 13.3. The van der Waals surface area contributed by atoms with Crippen LogP contribution in [0, 0.1) is 0 Å². The van der Waals surface area contributed by atoms with Gasteiger partial charge in [-0.05, 0) is 41.9 Å². The van der Waals surface area contributed by atoms with Crippen molar-refractivity contribution in [2.24, 2.45) is 5.73 Å². The van der Waals surface area contributed by atoms with Crippen molar-refractivity contribution < 1.29 is 4.52 Å². The average molecular weight is 342 g/mol. The fourth-order valence-electron chi connectivity index (χ4n) is 1.51. The van der Waals surface area contributed by atoms with Gasteiger partial charge in [-0.1, -0.05) is 17.3 Å². The number of hydrogen-bond acceptors (Lipinski definition) is 5. The third-order valence-electron chi connectivity index (χ3n) is 2.31. The van der Waals surface area contributed by atoms with E-state index < -0.39 is 0 Å². The van der Waals surface area contributed by atoms with E-state index in [4.69, 9.17) is 10.3 Å². The minimum absolute atomic E-state index is 0.334. The summed E-state index contributed by atoms with van der Waals surface area (Å²) in [5.41, 5.74) is 5.59. The molecule has 0 aliphatic heterocycles. The molecule has 0 amide bonds. The summed E-state index contributed by atoms with van der Waals surface area (Å²) in [4.78, 5) is 5.51. The number of nitrogens with zero attached hydrogens (tertiary/aromatic N) is 2. The molecule has 2 aromatic rings. The van der Waals surface area contributed by atoms with Crippen LogP contribution in [0.15, 0.2) is 38.2 Å². The van der Waals surface area contributed by atoms with E-state index in [0.717, 1.165) is 9.37 Å². The van der Waals surface area contributed by atoms with Crippen molar-refractivity contribution >= 4 is 27.7 Å². The Morgan fingerprint density at radius 1 is 1.37 bits per heavy atom. The van der Waals surface area contributed by atoms with Crippen LogP contribution in [0.5, 0.6) is 0 Å². The van der Waals surface area contributed by atoms with Gasteiger partial charge in [-0.15, -0.1) is 11.8 Å².